The van der Waals surface area contributed by atoms with E-state index in [1.807, 2.05) is 6.07 Å². The van der Waals surface area contributed by atoms with Crippen LogP contribution in [0.2, 0.25) is 0 Å². The summed E-state index contributed by atoms with van der Waals surface area (Å²) >= 11 is 1.65. The molecule has 2 aromatic rings. The highest BCUT2D eigenvalue weighted by molar-refractivity contribution is 7.14. The number of hydrogen-bond acceptors (Lipinski definition) is 6. The van der Waals surface area contributed by atoms with Crippen LogP contribution in [0.25, 0.3) is 0 Å². The minimum atomic E-state index is -0.917. The van der Waals surface area contributed by atoms with Gasteiger partial charge in [0.25, 0.3) is 0 Å². The maximum atomic E-state index is 13.0. The third-order valence-corrected chi connectivity index (χ3v) is 7.21. The third kappa shape index (κ3) is 5.05. The van der Waals surface area contributed by atoms with Crippen molar-refractivity contribution in [2.24, 2.45) is 11.8 Å². The van der Waals surface area contributed by atoms with E-state index in [0.717, 1.165) is 23.3 Å². The zero-order valence-corrected chi connectivity index (χ0v) is 19.1. The Bertz CT molecular complexity index is 886. The molecule has 0 radical (unpaired) electrons. The van der Waals surface area contributed by atoms with E-state index in [2.05, 4.69) is 20.8 Å². The molecule has 1 aromatic heterocycles. The zero-order chi connectivity index (χ0) is 21.8. The van der Waals surface area contributed by atoms with Gasteiger partial charge in [-0.3, -0.25) is 4.79 Å². The van der Waals surface area contributed by atoms with Crippen LogP contribution in [0, 0.1) is 18.8 Å². The first kappa shape index (κ1) is 22.8. The predicted octanol–water partition coefficient (Wildman–Crippen LogP) is 3.98. The number of benzene rings is 1. The fourth-order valence-electron chi connectivity index (χ4n) is 4.03. The molecule has 0 saturated carbocycles. The number of Topliss-reactive ketones (excluding diaryl/α,β-unsaturated/α-hetero) is 1. The molecule has 0 bridgehead atoms. The molecule has 1 heterocycles. The van der Waals surface area contributed by atoms with Crippen LogP contribution in [0.4, 0.5) is 0 Å². The van der Waals surface area contributed by atoms with Crippen molar-refractivity contribution in [1.82, 2.24) is 0 Å². The van der Waals surface area contributed by atoms with Crippen molar-refractivity contribution in [1.29, 1.82) is 0 Å². The summed E-state index contributed by atoms with van der Waals surface area (Å²) in [6.07, 6.45) is 2.25. The van der Waals surface area contributed by atoms with E-state index in [1.165, 1.54) is 16.0 Å². The SMILES string of the molecule is COc1cc(OC[C@@H](O)CO)ccc1CCC(=O)c1sc(C)c2c1C[C@@H](C(C)C)C2. The van der Waals surface area contributed by atoms with Gasteiger partial charge in [-0.25, -0.2) is 0 Å². The third-order valence-electron chi connectivity index (χ3n) is 5.98. The monoisotopic (exact) mass is 432 g/mol. The molecule has 0 saturated heterocycles. The Kier molecular flexibility index (Phi) is 7.55. The van der Waals surface area contributed by atoms with E-state index in [0.29, 0.717) is 36.2 Å². The van der Waals surface area contributed by atoms with E-state index >= 15 is 0 Å². The summed E-state index contributed by atoms with van der Waals surface area (Å²) in [5.41, 5.74) is 3.65. The molecule has 0 aliphatic heterocycles. The Balaban J connectivity index is 1.66. The number of ether oxygens (including phenoxy) is 2. The quantitative estimate of drug-likeness (QED) is 0.556. The van der Waals surface area contributed by atoms with Gasteiger partial charge in [0, 0.05) is 17.4 Å². The average molecular weight is 433 g/mol. The second kappa shape index (κ2) is 9.94. The van der Waals surface area contributed by atoms with Crippen molar-refractivity contribution in [3.05, 3.63) is 44.6 Å². The molecule has 30 heavy (non-hydrogen) atoms. The normalized spacial score (nSPS) is 16.6. The van der Waals surface area contributed by atoms with E-state index in [9.17, 15) is 9.90 Å². The van der Waals surface area contributed by atoms with Crippen LogP contribution >= 0.6 is 11.3 Å². The van der Waals surface area contributed by atoms with Gasteiger partial charge in [0.2, 0.25) is 0 Å². The largest absolute Gasteiger partial charge is 0.496 e. The molecular formula is C24H32O5S. The number of methoxy groups -OCH3 is 1. The number of fused-ring (bicyclic) bond motifs is 1. The molecule has 0 fully saturated rings. The number of thiophene rings is 1. The summed E-state index contributed by atoms with van der Waals surface area (Å²) in [5.74, 6) is 2.70. The number of carbonyl (C=O) groups is 1. The lowest BCUT2D eigenvalue weighted by molar-refractivity contribution is 0.0535. The maximum Gasteiger partial charge on any atom is 0.173 e. The standard InChI is InChI=1S/C24H32O5S/c1-14(2)17-9-20-15(3)30-24(21(20)10-17)22(27)8-6-16-5-7-19(11-23(16)28-4)29-13-18(26)12-25/h5,7,11,14,17-18,25-26H,6,8-10,12-13H2,1-4H3/t17-,18-/m0/s1. The van der Waals surface area contributed by atoms with Crippen molar-refractivity contribution >= 4 is 17.1 Å². The molecule has 1 aliphatic rings. The number of carbonyl (C=O) groups excluding carboxylic acids is 1. The summed E-state index contributed by atoms with van der Waals surface area (Å²) in [7, 11) is 1.59. The summed E-state index contributed by atoms with van der Waals surface area (Å²) in [6.45, 7) is 6.33. The summed E-state index contributed by atoms with van der Waals surface area (Å²) < 4.78 is 11.0. The van der Waals surface area contributed by atoms with Crippen molar-refractivity contribution in [2.75, 3.05) is 20.3 Å². The van der Waals surface area contributed by atoms with Gasteiger partial charge in [0.15, 0.2) is 5.78 Å². The number of hydrogen-bond donors (Lipinski definition) is 2. The van der Waals surface area contributed by atoms with E-state index in [-0.39, 0.29) is 19.0 Å². The Morgan fingerprint density at radius 1 is 1.27 bits per heavy atom. The topological polar surface area (TPSA) is 76.0 Å². The first-order chi connectivity index (χ1) is 14.3. The lowest BCUT2D eigenvalue weighted by Gasteiger charge is -2.14. The molecular weight excluding hydrogens is 400 g/mol. The van der Waals surface area contributed by atoms with E-state index < -0.39 is 6.10 Å². The highest BCUT2D eigenvalue weighted by atomic mass is 32.1. The van der Waals surface area contributed by atoms with Gasteiger partial charge >= 0.3 is 0 Å². The summed E-state index contributed by atoms with van der Waals surface area (Å²) in [4.78, 5) is 15.3. The van der Waals surface area contributed by atoms with Gasteiger partial charge in [-0.15, -0.1) is 11.3 Å². The van der Waals surface area contributed by atoms with Gasteiger partial charge in [-0.1, -0.05) is 19.9 Å². The summed E-state index contributed by atoms with van der Waals surface area (Å²) in [6, 6.07) is 5.45. The van der Waals surface area contributed by atoms with Crippen molar-refractivity contribution in [3.8, 4) is 11.5 Å². The molecule has 0 unspecified atom stereocenters. The van der Waals surface area contributed by atoms with E-state index in [4.69, 9.17) is 14.6 Å². The van der Waals surface area contributed by atoms with Gasteiger partial charge in [-0.05, 0) is 60.8 Å². The second-order valence-electron chi connectivity index (χ2n) is 8.40. The van der Waals surface area contributed by atoms with Gasteiger partial charge in [0.1, 0.15) is 24.2 Å². The first-order valence-corrected chi connectivity index (χ1v) is 11.4. The number of aliphatic hydroxyl groups is 2. The average Bonchev–Trinajstić information content (AvgIpc) is 3.31. The zero-order valence-electron chi connectivity index (χ0n) is 18.2. The van der Waals surface area contributed by atoms with Crippen LogP contribution in [-0.4, -0.2) is 42.4 Å². The molecule has 1 aliphatic carbocycles. The number of ketones is 1. The molecule has 3 rings (SSSR count). The Morgan fingerprint density at radius 2 is 2.00 bits per heavy atom. The highest BCUT2D eigenvalue weighted by Crippen LogP contribution is 2.40. The molecule has 0 amide bonds. The van der Waals surface area contributed by atoms with E-state index in [1.54, 1.807) is 30.6 Å². The molecule has 1 aromatic carbocycles. The molecule has 6 heteroatoms. The molecule has 0 spiro atoms. The van der Waals surface area contributed by atoms with Gasteiger partial charge in [0.05, 0.1) is 18.6 Å². The molecule has 164 valence electrons. The molecule has 2 atom stereocenters. The molecule has 2 N–H and O–H groups in total. The summed E-state index contributed by atoms with van der Waals surface area (Å²) in [5, 5.41) is 18.3. The van der Waals surface area contributed by atoms with Crippen LogP contribution < -0.4 is 9.47 Å². The highest BCUT2D eigenvalue weighted by Gasteiger charge is 2.31. The first-order valence-electron chi connectivity index (χ1n) is 10.6. The number of rotatable bonds is 10. The van der Waals surface area contributed by atoms with Crippen molar-refractivity contribution in [2.45, 2.75) is 52.6 Å². The molecule has 5 nitrogen and oxygen atoms in total. The lowest BCUT2D eigenvalue weighted by Crippen LogP contribution is -2.21. The van der Waals surface area contributed by atoms with Crippen LogP contribution in [0.15, 0.2) is 18.2 Å². The van der Waals surface area contributed by atoms with Crippen molar-refractivity contribution < 1.29 is 24.5 Å². The minimum Gasteiger partial charge on any atom is -0.496 e. The fourth-order valence-corrected chi connectivity index (χ4v) is 5.21. The van der Waals surface area contributed by atoms with Crippen LogP contribution in [0.1, 0.15) is 51.5 Å². The predicted molar refractivity (Wildman–Crippen MR) is 119 cm³/mol. The Labute approximate surface area is 182 Å². The number of aryl methyl sites for hydroxylation is 2. The van der Waals surface area contributed by atoms with Gasteiger partial charge < -0.3 is 19.7 Å². The van der Waals surface area contributed by atoms with Gasteiger partial charge in [-0.2, -0.15) is 0 Å². The maximum absolute atomic E-state index is 13.0. The second-order valence-corrected chi connectivity index (χ2v) is 9.63. The fraction of sp³-hybridized carbons (Fsp3) is 0.542. The van der Waals surface area contributed by atoms with Crippen LogP contribution in [0.3, 0.4) is 0 Å². The number of aliphatic hydroxyl groups excluding tert-OH is 2. The Hall–Kier alpha value is -1.89. The smallest absolute Gasteiger partial charge is 0.173 e. The lowest BCUT2D eigenvalue weighted by atomic mass is 9.93. The minimum absolute atomic E-state index is 0.0116. The van der Waals surface area contributed by atoms with Crippen LogP contribution in [0.5, 0.6) is 11.5 Å². The Morgan fingerprint density at radius 3 is 2.67 bits per heavy atom. The van der Waals surface area contributed by atoms with Crippen LogP contribution in [-0.2, 0) is 19.3 Å². The van der Waals surface area contributed by atoms with Crippen molar-refractivity contribution in [3.63, 3.8) is 0 Å².